The summed E-state index contributed by atoms with van der Waals surface area (Å²) >= 11 is 0. The van der Waals surface area contributed by atoms with Crippen molar-refractivity contribution in [1.82, 2.24) is 14.5 Å². The Hall–Kier alpha value is -4.27. The van der Waals surface area contributed by atoms with E-state index in [2.05, 4.69) is 27.5 Å². The van der Waals surface area contributed by atoms with Crippen molar-refractivity contribution in [1.29, 1.82) is 0 Å². The normalized spacial score (nSPS) is 20.7. The van der Waals surface area contributed by atoms with Crippen LogP contribution in [0.1, 0.15) is 44.5 Å². The number of fused-ring (bicyclic) bond motifs is 2. The molecule has 0 spiro atoms. The lowest BCUT2D eigenvalue weighted by molar-refractivity contribution is -0.193. The Morgan fingerprint density at radius 3 is 2.02 bits per heavy atom. The fraction of sp³-hybridized carbons (Fsp3) is 0.379. The van der Waals surface area contributed by atoms with Gasteiger partial charge < -0.3 is 19.9 Å². The number of benzene rings is 1. The molecule has 8 nitrogen and oxygen atoms in total. The maximum atomic E-state index is 13.4. The topological polar surface area (TPSA) is 126 Å². The van der Waals surface area contributed by atoms with Gasteiger partial charge in [-0.05, 0) is 68.7 Å². The highest BCUT2D eigenvalue weighted by Crippen LogP contribution is 2.55. The molecule has 0 bridgehead atoms. The quantitative estimate of drug-likeness (QED) is 0.283. The SMILES string of the molecule is C[C@]12Cn3cnc(-c4ccc(F)cc4)c3C=C1CCC[C@@H]2[C@](C)(O)c1ccccn1.O=C(O)C(F)(F)F.O=C(O)C(F)(F)F. The summed E-state index contributed by atoms with van der Waals surface area (Å²) in [5.41, 5.74) is 3.72. The number of alkyl halides is 6. The molecule has 44 heavy (non-hydrogen) atoms. The summed E-state index contributed by atoms with van der Waals surface area (Å²) in [6.45, 7) is 4.93. The molecule has 3 atom stereocenters. The average molecular weight is 632 g/mol. The molecule has 0 unspecified atom stereocenters. The fourth-order valence-electron chi connectivity index (χ4n) is 5.53. The Morgan fingerprint density at radius 1 is 0.955 bits per heavy atom. The zero-order valence-electron chi connectivity index (χ0n) is 23.3. The fourth-order valence-corrected chi connectivity index (χ4v) is 5.53. The first-order chi connectivity index (χ1) is 20.3. The second-order valence-corrected chi connectivity index (χ2v) is 10.6. The molecular weight excluding hydrogens is 603 g/mol. The Labute approximate surface area is 246 Å². The number of aromatic nitrogens is 3. The summed E-state index contributed by atoms with van der Waals surface area (Å²) in [6.07, 6.45) is -1.31. The third-order valence-corrected chi connectivity index (χ3v) is 7.59. The predicted molar refractivity (Wildman–Crippen MR) is 142 cm³/mol. The largest absolute Gasteiger partial charge is 0.490 e. The maximum absolute atomic E-state index is 13.4. The number of allylic oxidation sites excluding steroid dienone is 1. The monoisotopic (exact) mass is 631 g/mol. The molecular formula is C29H28F7N3O5. The molecule has 3 aromatic rings. The van der Waals surface area contributed by atoms with Crippen molar-refractivity contribution in [3.8, 4) is 11.3 Å². The van der Waals surface area contributed by atoms with E-state index in [4.69, 9.17) is 19.8 Å². The van der Waals surface area contributed by atoms with E-state index in [9.17, 15) is 35.8 Å². The van der Waals surface area contributed by atoms with Crippen molar-refractivity contribution in [2.45, 2.75) is 57.6 Å². The number of halogens is 7. The van der Waals surface area contributed by atoms with E-state index in [1.54, 1.807) is 18.3 Å². The third kappa shape index (κ3) is 7.62. The van der Waals surface area contributed by atoms with Gasteiger partial charge in [0, 0.05) is 29.6 Å². The lowest BCUT2D eigenvalue weighted by atomic mass is 9.57. The molecule has 5 rings (SSSR count). The van der Waals surface area contributed by atoms with Gasteiger partial charge in [0.05, 0.1) is 23.4 Å². The van der Waals surface area contributed by atoms with E-state index in [-0.39, 0.29) is 17.2 Å². The van der Waals surface area contributed by atoms with Gasteiger partial charge in [0.25, 0.3) is 0 Å². The number of carboxylic acids is 2. The number of nitrogens with zero attached hydrogens (tertiary/aromatic N) is 3. The molecule has 1 fully saturated rings. The van der Waals surface area contributed by atoms with Gasteiger partial charge in [-0.25, -0.2) is 19.0 Å². The van der Waals surface area contributed by atoms with Crippen LogP contribution in [-0.2, 0) is 21.7 Å². The number of hydrogen-bond acceptors (Lipinski definition) is 5. The van der Waals surface area contributed by atoms with E-state index in [1.807, 2.05) is 31.5 Å². The molecule has 0 saturated heterocycles. The molecule has 0 radical (unpaired) electrons. The average Bonchev–Trinajstić information content (AvgIpc) is 3.33. The van der Waals surface area contributed by atoms with Gasteiger partial charge in [-0.1, -0.05) is 18.6 Å². The number of aliphatic carboxylic acids is 2. The van der Waals surface area contributed by atoms with Gasteiger partial charge in [0.2, 0.25) is 0 Å². The smallest absolute Gasteiger partial charge is 0.475 e. The van der Waals surface area contributed by atoms with Crippen molar-refractivity contribution >= 4 is 18.0 Å². The van der Waals surface area contributed by atoms with Crippen molar-refractivity contribution in [2.75, 3.05) is 0 Å². The van der Waals surface area contributed by atoms with E-state index in [0.29, 0.717) is 0 Å². The highest BCUT2D eigenvalue weighted by atomic mass is 19.4. The Morgan fingerprint density at radius 2 is 1.52 bits per heavy atom. The van der Waals surface area contributed by atoms with Gasteiger partial charge >= 0.3 is 24.3 Å². The molecule has 0 amide bonds. The van der Waals surface area contributed by atoms with Crippen LogP contribution >= 0.6 is 0 Å². The molecule has 1 saturated carbocycles. The highest BCUT2D eigenvalue weighted by molar-refractivity contribution is 5.74. The van der Waals surface area contributed by atoms with Gasteiger partial charge in [-0.2, -0.15) is 26.3 Å². The highest BCUT2D eigenvalue weighted by Gasteiger charge is 2.51. The molecule has 2 aliphatic rings. The number of imidazole rings is 1. The molecule has 1 aliphatic carbocycles. The van der Waals surface area contributed by atoms with Crippen molar-refractivity contribution in [2.24, 2.45) is 11.3 Å². The van der Waals surface area contributed by atoms with E-state index in [1.165, 1.54) is 17.7 Å². The van der Waals surface area contributed by atoms with Gasteiger partial charge in [0.15, 0.2) is 0 Å². The first-order valence-electron chi connectivity index (χ1n) is 13.0. The summed E-state index contributed by atoms with van der Waals surface area (Å²) < 4.78 is 79.0. The van der Waals surface area contributed by atoms with Crippen LogP contribution in [0.5, 0.6) is 0 Å². The molecule has 15 heteroatoms. The molecule has 238 valence electrons. The second-order valence-electron chi connectivity index (χ2n) is 10.6. The van der Waals surface area contributed by atoms with Crippen molar-refractivity contribution < 1.29 is 55.6 Å². The van der Waals surface area contributed by atoms with Crippen LogP contribution in [0.15, 0.2) is 60.6 Å². The van der Waals surface area contributed by atoms with Crippen molar-refractivity contribution in [3.05, 3.63) is 77.8 Å². The van der Waals surface area contributed by atoms with Crippen LogP contribution in [0.2, 0.25) is 0 Å². The summed E-state index contributed by atoms with van der Waals surface area (Å²) in [5.74, 6) is -5.71. The van der Waals surface area contributed by atoms with E-state index < -0.39 is 29.9 Å². The van der Waals surface area contributed by atoms with Crippen LogP contribution in [0.25, 0.3) is 17.3 Å². The van der Waals surface area contributed by atoms with Crippen LogP contribution in [0.3, 0.4) is 0 Å². The standard InChI is InChI=1S/C25H26FN3O.2C2HF3O2/c1-24-15-29-16-28-23(17-9-11-19(26)12-10-17)20(29)14-18(24)6-5-7-21(24)25(2,30)22-8-3-4-13-27-22;2*3-2(4,5)1(6)7/h3-4,8-14,16,21,30H,5-7,15H2,1-2H3;2*(H,6,7)/t21-,24-,25-;;/m0../s1. The lowest BCUT2D eigenvalue weighted by Crippen LogP contribution is -2.49. The zero-order valence-corrected chi connectivity index (χ0v) is 23.3. The van der Waals surface area contributed by atoms with Gasteiger partial charge in [-0.3, -0.25) is 4.98 Å². The number of pyridine rings is 1. The molecule has 3 N–H and O–H groups in total. The van der Waals surface area contributed by atoms with Crippen molar-refractivity contribution in [3.63, 3.8) is 0 Å². The molecule has 1 aliphatic heterocycles. The summed E-state index contributed by atoms with van der Waals surface area (Å²) in [7, 11) is 0. The first-order valence-corrected chi connectivity index (χ1v) is 13.0. The summed E-state index contributed by atoms with van der Waals surface area (Å²) in [5, 5.41) is 25.9. The zero-order chi connectivity index (χ0) is 33.1. The minimum Gasteiger partial charge on any atom is -0.475 e. The second kappa shape index (κ2) is 12.8. The summed E-state index contributed by atoms with van der Waals surface area (Å²) in [4.78, 5) is 26.9. The number of carboxylic acid groups (broad SMARTS) is 2. The predicted octanol–water partition coefficient (Wildman–Crippen LogP) is 6.46. The Bertz CT molecular complexity index is 1480. The van der Waals surface area contributed by atoms with E-state index in [0.717, 1.165) is 48.5 Å². The van der Waals surface area contributed by atoms with E-state index >= 15 is 0 Å². The van der Waals surface area contributed by atoms with Gasteiger partial charge in [-0.15, -0.1) is 0 Å². The van der Waals surface area contributed by atoms with Crippen LogP contribution in [0.4, 0.5) is 30.7 Å². The Balaban J connectivity index is 0.000000317. The molecule has 3 heterocycles. The number of carbonyl (C=O) groups is 2. The molecule has 1 aromatic carbocycles. The summed E-state index contributed by atoms with van der Waals surface area (Å²) in [6, 6.07) is 12.2. The van der Waals surface area contributed by atoms with Gasteiger partial charge in [0.1, 0.15) is 11.4 Å². The number of aliphatic hydroxyl groups is 1. The minimum absolute atomic E-state index is 0.0460. The first kappa shape index (κ1) is 34.2. The maximum Gasteiger partial charge on any atom is 0.490 e. The van der Waals surface area contributed by atoms with Crippen LogP contribution in [-0.4, -0.2) is 54.1 Å². The third-order valence-electron chi connectivity index (χ3n) is 7.59. The minimum atomic E-state index is -5.08. The number of rotatable bonds is 3. The van der Waals surface area contributed by atoms with Crippen LogP contribution in [0, 0.1) is 17.2 Å². The molecule has 2 aromatic heterocycles. The Kier molecular flexibility index (Phi) is 9.93. The van der Waals surface area contributed by atoms with Crippen LogP contribution < -0.4 is 0 Å². The lowest BCUT2D eigenvalue weighted by Gasteiger charge is -2.51. The number of hydrogen-bond donors (Lipinski definition) is 3.